The number of aliphatic hydroxyl groups excluding tert-OH is 1. The van der Waals surface area contributed by atoms with E-state index < -0.39 is 0 Å². The van der Waals surface area contributed by atoms with Crippen molar-refractivity contribution in [2.75, 3.05) is 20.3 Å². The van der Waals surface area contributed by atoms with Gasteiger partial charge in [0.2, 0.25) is 0 Å². The molecule has 0 aromatic carbocycles. The molecule has 0 aliphatic heterocycles. The van der Waals surface area contributed by atoms with E-state index >= 15 is 0 Å². The molecular formula is C38H62O2. The summed E-state index contributed by atoms with van der Waals surface area (Å²) in [5.74, 6) is 0.533. The minimum atomic E-state index is 0.533. The Morgan fingerprint density at radius 2 is 1.45 bits per heavy atom. The Kier molecular flexibility index (Phi) is 39.9. The number of rotatable bonds is 18. The largest absolute Gasteiger partial charge is 0.400 e. The van der Waals surface area contributed by atoms with Crippen LogP contribution in [0, 0.1) is 18.8 Å². The summed E-state index contributed by atoms with van der Waals surface area (Å²) in [5, 5.41) is 7.00. The third-order valence-corrected chi connectivity index (χ3v) is 5.89. The molecule has 226 valence electrons. The number of aliphatic hydroxyl groups is 1. The third-order valence-electron chi connectivity index (χ3n) is 5.89. The summed E-state index contributed by atoms with van der Waals surface area (Å²) in [5.41, 5.74) is 6.33. The van der Waals surface area contributed by atoms with Gasteiger partial charge in [0.1, 0.15) is 0 Å². The summed E-state index contributed by atoms with van der Waals surface area (Å²) in [6.45, 7) is 28.2. The average molecular weight is 551 g/mol. The lowest BCUT2D eigenvalue weighted by Crippen LogP contribution is -1.92. The van der Waals surface area contributed by atoms with E-state index in [0.717, 1.165) is 58.0 Å². The summed E-state index contributed by atoms with van der Waals surface area (Å²) in [4.78, 5) is 0. The van der Waals surface area contributed by atoms with Crippen LogP contribution in [-0.4, -0.2) is 25.4 Å². The Morgan fingerprint density at radius 3 is 1.93 bits per heavy atom. The molecule has 2 heteroatoms. The minimum absolute atomic E-state index is 0.533. The zero-order valence-corrected chi connectivity index (χ0v) is 27.3. The van der Waals surface area contributed by atoms with Gasteiger partial charge in [0, 0.05) is 20.3 Å². The second-order valence-corrected chi connectivity index (χ2v) is 9.17. The fourth-order valence-electron chi connectivity index (χ4n) is 3.11. The molecule has 1 unspecified atom stereocenters. The second kappa shape index (κ2) is 36.1. The van der Waals surface area contributed by atoms with Gasteiger partial charge < -0.3 is 9.84 Å². The minimum Gasteiger partial charge on any atom is -0.400 e. The lowest BCUT2D eigenvalue weighted by atomic mass is 9.99. The maximum absolute atomic E-state index is 7.00. The molecule has 0 fully saturated rings. The normalized spacial score (nSPS) is 12.6. The number of ether oxygens (including phenoxy) is 1. The quantitative estimate of drug-likeness (QED) is 0.0796. The molecule has 0 heterocycles. The number of allylic oxidation sites excluding steroid dienone is 15. The van der Waals surface area contributed by atoms with Crippen molar-refractivity contribution in [3.8, 4) is 12.8 Å². The summed E-state index contributed by atoms with van der Waals surface area (Å²) in [7, 11) is 1.00. The van der Waals surface area contributed by atoms with Gasteiger partial charge in [0.25, 0.3) is 0 Å². The number of unbranched alkanes of at least 4 members (excludes halogenated alkanes) is 2. The van der Waals surface area contributed by atoms with Crippen molar-refractivity contribution in [3.05, 3.63) is 108 Å². The molecular weight excluding hydrogens is 488 g/mol. The fourth-order valence-corrected chi connectivity index (χ4v) is 3.11. The smallest absolute Gasteiger partial charge is 0.0465 e. The molecule has 40 heavy (non-hydrogen) atoms. The highest BCUT2D eigenvalue weighted by atomic mass is 16.5. The molecule has 0 amide bonds. The van der Waals surface area contributed by atoms with Gasteiger partial charge in [-0.2, -0.15) is 0 Å². The van der Waals surface area contributed by atoms with Crippen LogP contribution < -0.4 is 0 Å². The molecule has 0 saturated carbocycles. The van der Waals surface area contributed by atoms with Crippen LogP contribution in [0.3, 0.4) is 0 Å². The van der Waals surface area contributed by atoms with Gasteiger partial charge in [-0.15, -0.1) is 12.8 Å². The molecule has 0 saturated heterocycles. The van der Waals surface area contributed by atoms with E-state index in [1.165, 1.54) is 35.1 Å². The van der Waals surface area contributed by atoms with E-state index in [1.807, 2.05) is 13.0 Å². The molecule has 1 atom stereocenters. The lowest BCUT2D eigenvalue weighted by molar-refractivity contribution is 0.143. The zero-order chi connectivity index (χ0) is 31.6. The van der Waals surface area contributed by atoms with Crippen LogP contribution in [0.1, 0.15) is 93.4 Å². The van der Waals surface area contributed by atoms with Crippen LogP contribution >= 0.6 is 0 Å². The van der Waals surface area contributed by atoms with Gasteiger partial charge in [-0.1, -0.05) is 117 Å². The van der Waals surface area contributed by atoms with Crippen molar-refractivity contribution in [2.24, 2.45) is 5.92 Å². The Hall–Kier alpha value is -2.86. The highest BCUT2D eigenvalue weighted by Gasteiger charge is 1.99. The van der Waals surface area contributed by atoms with E-state index in [1.54, 1.807) is 0 Å². The molecule has 0 aliphatic rings. The maximum atomic E-state index is 7.00. The van der Waals surface area contributed by atoms with Crippen LogP contribution in [0.4, 0.5) is 0 Å². The van der Waals surface area contributed by atoms with Crippen molar-refractivity contribution in [1.29, 1.82) is 0 Å². The van der Waals surface area contributed by atoms with Crippen LogP contribution in [0.5, 0.6) is 0 Å². The molecule has 2 nitrogen and oxygen atoms in total. The Labute approximate surface area is 250 Å². The van der Waals surface area contributed by atoms with Gasteiger partial charge >= 0.3 is 0 Å². The van der Waals surface area contributed by atoms with Crippen molar-refractivity contribution >= 4 is 0 Å². The Balaban J connectivity index is -0.000000339. The summed E-state index contributed by atoms with van der Waals surface area (Å²) in [6.07, 6.45) is 37.4. The molecule has 0 rings (SSSR count). The molecule has 0 aromatic rings. The lowest BCUT2D eigenvalue weighted by Gasteiger charge is -2.07. The molecule has 0 bridgehead atoms. The van der Waals surface area contributed by atoms with Crippen LogP contribution in [0.25, 0.3) is 0 Å². The number of hydrogen-bond donors (Lipinski definition) is 1. The highest BCUT2D eigenvalue weighted by molar-refractivity contribution is 5.38. The average Bonchev–Trinajstić information content (AvgIpc) is 2.99. The van der Waals surface area contributed by atoms with Crippen molar-refractivity contribution < 1.29 is 9.84 Å². The Morgan fingerprint density at radius 1 is 0.875 bits per heavy atom. The first-order valence-electron chi connectivity index (χ1n) is 14.6. The monoisotopic (exact) mass is 550 g/mol. The van der Waals surface area contributed by atoms with Gasteiger partial charge in [-0.05, 0) is 90.2 Å². The van der Waals surface area contributed by atoms with Crippen LogP contribution in [-0.2, 0) is 4.74 Å². The van der Waals surface area contributed by atoms with Crippen molar-refractivity contribution in [1.82, 2.24) is 0 Å². The predicted molar refractivity (Wildman–Crippen MR) is 185 cm³/mol. The molecule has 0 aliphatic carbocycles. The van der Waals surface area contributed by atoms with Gasteiger partial charge in [-0.3, -0.25) is 0 Å². The SMILES string of the molecule is C#C.C=C(CC)CC(C)\C=C/C(/C=C/C(/C=C\C/C(C)=C/C)=C/C)=C\C.C=CC(=C)CCCCCOCC.CO. The van der Waals surface area contributed by atoms with Crippen LogP contribution in [0.15, 0.2) is 108 Å². The molecule has 0 spiro atoms. The zero-order valence-electron chi connectivity index (χ0n) is 27.3. The first-order chi connectivity index (χ1) is 19.3. The third kappa shape index (κ3) is 33.2. The van der Waals surface area contributed by atoms with Gasteiger partial charge in [-0.25, -0.2) is 0 Å². The topological polar surface area (TPSA) is 29.5 Å². The summed E-state index contributed by atoms with van der Waals surface area (Å²) in [6, 6.07) is 0. The van der Waals surface area contributed by atoms with Gasteiger partial charge in [0.15, 0.2) is 0 Å². The highest BCUT2D eigenvalue weighted by Crippen LogP contribution is 2.15. The number of hydrogen-bond acceptors (Lipinski definition) is 2. The second-order valence-electron chi connectivity index (χ2n) is 9.17. The van der Waals surface area contributed by atoms with Crippen molar-refractivity contribution in [2.45, 2.75) is 93.4 Å². The van der Waals surface area contributed by atoms with E-state index in [4.69, 9.17) is 9.84 Å². The van der Waals surface area contributed by atoms with Crippen LogP contribution in [0.2, 0.25) is 0 Å². The molecule has 0 aromatic heterocycles. The molecule has 0 radical (unpaired) electrons. The summed E-state index contributed by atoms with van der Waals surface area (Å²) < 4.78 is 5.22. The first-order valence-corrected chi connectivity index (χ1v) is 14.6. The maximum Gasteiger partial charge on any atom is 0.0465 e. The van der Waals surface area contributed by atoms with E-state index in [2.05, 4.69) is 129 Å². The summed E-state index contributed by atoms with van der Waals surface area (Å²) >= 11 is 0. The molecule has 1 N–H and O–H groups in total. The number of terminal acetylenes is 1. The Bertz CT molecular complexity index is 825. The first kappa shape index (κ1) is 44.2. The van der Waals surface area contributed by atoms with Gasteiger partial charge in [0.05, 0.1) is 0 Å². The predicted octanol–water partition coefficient (Wildman–Crippen LogP) is 11.1. The standard InChI is InChI=1S/C24H36.C11H20O.C2H2.CH4O/c1-8-20(5)13-12-14-23(10-3)17-18-24(11-4)16-15-22(7)19-21(6)9-2;1-4-11(3)9-7-6-8-10-12-5-2;2*1-2/h8,10-12,14-18,22H,6,9,13,19H2,1-5,7H3;4H,1,3,5-10H2,2H3;1-2H;2H,1H3/b14-12-,16-15-,18-17+,20-8+,23-10+,24-11+;;;. The van der Waals surface area contributed by atoms with E-state index in [-0.39, 0.29) is 0 Å². The van der Waals surface area contributed by atoms with E-state index in [9.17, 15) is 0 Å². The van der Waals surface area contributed by atoms with Crippen molar-refractivity contribution in [3.63, 3.8) is 0 Å². The van der Waals surface area contributed by atoms with E-state index in [0.29, 0.717) is 5.92 Å². The fraction of sp³-hybridized carbons (Fsp3) is 0.474.